The maximum atomic E-state index is 11.9. The molecule has 0 aliphatic rings. The van der Waals surface area contributed by atoms with Gasteiger partial charge in [0.15, 0.2) is 5.76 Å². The molecule has 124 valence electrons. The Morgan fingerprint density at radius 3 is 2.54 bits per heavy atom. The lowest BCUT2D eigenvalue weighted by atomic mass is 10.2. The van der Waals surface area contributed by atoms with E-state index in [9.17, 15) is 19.7 Å². The molecule has 0 atom stereocenters. The van der Waals surface area contributed by atoms with E-state index >= 15 is 0 Å². The molecule has 0 radical (unpaired) electrons. The lowest BCUT2D eigenvalue weighted by Gasteiger charge is -2.03. The van der Waals surface area contributed by atoms with E-state index in [4.69, 9.17) is 9.15 Å². The third-order valence-corrected chi connectivity index (χ3v) is 2.86. The summed E-state index contributed by atoms with van der Waals surface area (Å²) >= 11 is 0. The Balaban J connectivity index is 1.99. The van der Waals surface area contributed by atoms with Gasteiger partial charge in [-0.2, -0.15) is 0 Å². The molecule has 1 aromatic heterocycles. The number of carbonyl (C=O) groups excluding carboxylic acids is 2. The summed E-state index contributed by atoms with van der Waals surface area (Å²) in [6.45, 7) is 2.02. The number of amides is 1. The van der Waals surface area contributed by atoms with Crippen molar-refractivity contribution in [3.63, 3.8) is 0 Å². The van der Waals surface area contributed by atoms with E-state index in [-0.39, 0.29) is 5.76 Å². The fourth-order valence-electron chi connectivity index (χ4n) is 1.77. The highest BCUT2D eigenvalue weighted by atomic mass is 16.6. The monoisotopic (exact) mass is 330 g/mol. The first-order chi connectivity index (χ1) is 11.5. The normalized spacial score (nSPS) is 10.5. The molecule has 24 heavy (non-hydrogen) atoms. The smallest absolute Gasteiger partial charge is 0.433 e. The van der Waals surface area contributed by atoms with Gasteiger partial charge in [0.25, 0.3) is 5.91 Å². The van der Waals surface area contributed by atoms with Crippen LogP contribution < -0.4 is 5.32 Å². The maximum absolute atomic E-state index is 11.9. The van der Waals surface area contributed by atoms with Gasteiger partial charge in [-0.25, -0.2) is 4.79 Å². The highest BCUT2D eigenvalue weighted by molar-refractivity contribution is 6.02. The lowest BCUT2D eigenvalue weighted by molar-refractivity contribution is -0.402. The Bertz CT molecular complexity index is 776. The van der Waals surface area contributed by atoms with E-state index < -0.39 is 22.7 Å². The molecular formula is C16H14N2O6. The Hall–Kier alpha value is -3.42. The van der Waals surface area contributed by atoms with E-state index in [0.29, 0.717) is 12.3 Å². The fourth-order valence-corrected chi connectivity index (χ4v) is 1.77. The quantitative estimate of drug-likeness (QED) is 0.377. The molecule has 8 nitrogen and oxygen atoms in total. The Morgan fingerprint density at radius 2 is 1.96 bits per heavy atom. The van der Waals surface area contributed by atoms with Crippen LogP contribution in [-0.2, 0) is 9.53 Å². The van der Waals surface area contributed by atoms with Crippen molar-refractivity contribution in [2.45, 2.75) is 6.92 Å². The van der Waals surface area contributed by atoms with E-state index in [1.807, 2.05) is 0 Å². The number of carbonyl (C=O) groups is 2. The van der Waals surface area contributed by atoms with Crippen LogP contribution in [0.2, 0.25) is 0 Å². The molecule has 1 amide bonds. The molecule has 0 saturated heterocycles. The summed E-state index contributed by atoms with van der Waals surface area (Å²) in [4.78, 5) is 32.9. The minimum absolute atomic E-state index is 0.159. The van der Waals surface area contributed by atoms with E-state index in [2.05, 4.69) is 5.32 Å². The first kappa shape index (κ1) is 16.9. The van der Waals surface area contributed by atoms with Gasteiger partial charge in [-0.15, -0.1) is 0 Å². The zero-order valence-corrected chi connectivity index (χ0v) is 12.7. The third-order valence-electron chi connectivity index (χ3n) is 2.86. The zero-order valence-electron chi connectivity index (χ0n) is 12.7. The first-order valence-corrected chi connectivity index (χ1v) is 7.00. The van der Waals surface area contributed by atoms with Crippen molar-refractivity contribution in [2.24, 2.45) is 0 Å². The van der Waals surface area contributed by atoms with Crippen molar-refractivity contribution >= 4 is 29.5 Å². The van der Waals surface area contributed by atoms with Gasteiger partial charge in [0.2, 0.25) is 0 Å². The van der Waals surface area contributed by atoms with Gasteiger partial charge in [-0.3, -0.25) is 14.9 Å². The van der Waals surface area contributed by atoms with Crippen molar-refractivity contribution in [3.8, 4) is 0 Å². The highest BCUT2D eigenvalue weighted by Crippen LogP contribution is 2.18. The second-order valence-electron chi connectivity index (χ2n) is 4.56. The predicted molar refractivity (Wildman–Crippen MR) is 85.4 cm³/mol. The molecule has 0 spiro atoms. The maximum Gasteiger partial charge on any atom is 0.433 e. The molecule has 0 fully saturated rings. The molecule has 0 aliphatic heterocycles. The van der Waals surface area contributed by atoms with Crippen LogP contribution in [0.25, 0.3) is 6.08 Å². The van der Waals surface area contributed by atoms with Crippen LogP contribution in [0.1, 0.15) is 23.0 Å². The molecule has 2 aromatic rings. The number of anilines is 1. The topological polar surface area (TPSA) is 112 Å². The van der Waals surface area contributed by atoms with Crippen molar-refractivity contribution < 1.29 is 23.7 Å². The number of nitrogens with one attached hydrogen (secondary N) is 1. The van der Waals surface area contributed by atoms with Crippen LogP contribution in [0.3, 0.4) is 0 Å². The third kappa shape index (κ3) is 4.54. The second-order valence-corrected chi connectivity index (χ2v) is 4.56. The summed E-state index contributed by atoms with van der Waals surface area (Å²) < 4.78 is 9.58. The summed E-state index contributed by atoms with van der Waals surface area (Å²) in [5.41, 5.74) is 1.22. The number of nitro groups is 1. The van der Waals surface area contributed by atoms with E-state index in [0.717, 1.165) is 11.6 Å². The molecule has 0 bridgehead atoms. The fraction of sp³-hybridized carbons (Fsp3) is 0.125. The lowest BCUT2D eigenvalue weighted by Crippen LogP contribution is -2.10. The number of hydrogen-bond donors (Lipinski definition) is 1. The molecule has 8 heteroatoms. The number of furan rings is 1. The number of hydrogen-bond acceptors (Lipinski definition) is 6. The Morgan fingerprint density at radius 1 is 1.25 bits per heavy atom. The molecular weight excluding hydrogens is 316 g/mol. The van der Waals surface area contributed by atoms with Gasteiger partial charge in [-0.05, 0) is 36.8 Å². The van der Waals surface area contributed by atoms with Crippen molar-refractivity contribution in [1.29, 1.82) is 0 Å². The van der Waals surface area contributed by atoms with Crippen LogP contribution in [0.4, 0.5) is 11.6 Å². The molecule has 0 aliphatic carbocycles. The number of nitrogens with zero attached hydrogens (tertiary/aromatic N) is 1. The molecule has 0 saturated carbocycles. The zero-order chi connectivity index (χ0) is 17.5. The van der Waals surface area contributed by atoms with Gasteiger partial charge in [0.1, 0.15) is 4.92 Å². The van der Waals surface area contributed by atoms with Gasteiger partial charge in [-0.1, -0.05) is 12.1 Å². The van der Waals surface area contributed by atoms with Gasteiger partial charge in [0, 0.05) is 11.8 Å². The van der Waals surface area contributed by atoms with Crippen LogP contribution in [-0.4, -0.2) is 23.4 Å². The van der Waals surface area contributed by atoms with E-state index in [1.54, 1.807) is 37.3 Å². The molecule has 0 unspecified atom stereocenters. The molecule has 2 rings (SSSR count). The van der Waals surface area contributed by atoms with Crippen LogP contribution in [0.5, 0.6) is 0 Å². The van der Waals surface area contributed by atoms with Gasteiger partial charge in [0.05, 0.1) is 12.7 Å². The van der Waals surface area contributed by atoms with Gasteiger partial charge < -0.3 is 14.5 Å². The summed E-state index contributed by atoms with van der Waals surface area (Å²) in [6.07, 6.45) is 2.89. The number of rotatable bonds is 6. The number of esters is 1. The molecule has 1 N–H and O–H groups in total. The molecule has 1 heterocycles. The standard InChI is InChI=1S/C16H14N2O6/c1-2-23-15(19)10-5-11-3-6-12(7-4-11)17-16(20)13-8-9-14(24-13)18(21)22/h3-10H,2H2,1H3,(H,17,20)/b10-5+. The van der Waals surface area contributed by atoms with Gasteiger partial charge >= 0.3 is 11.9 Å². The summed E-state index contributed by atoms with van der Waals surface area (Å²) in [7, 11) is 0. The van der Waals surface area contributed by atoms with Crippen molar-refractivity contribution in [2.75, 3.05) is 11.9 Å². The summed E-state index contributed by atoms with van der Waals surface area (Å²) in [5.74, 6) is -1.69. The van der Waals surface area contributed by atoms with Crippen LogP contribution >= 0.6 is 0 Å². The molecule has 1 aromatic carbocycles. The Kier molecular flexibility index (Phi) is 5.45. The highest BCUT2D eigenvalue weighted by Gasteiger charge is 2.17. The van der Waals surface area contributed by atoms with E-state index in [1.165, 1.54) is 12.1 Å². The Labute approximate surface area is 136 Å². The van der Waals surface area contributed by atoms with Crippen LogP contribution in [0.15, 0.2) is 46.9 Å². The SMILES string of the molecule is CCOC(=O)/C=C/c1ccc(NC(=O)c2ccc([N+](=O)[O-])o2)cc1. The number of benzene rings is 1. The average Bonchev–Trinajstić information content (AvgIpc) is 3.05. The second kappa shape index (κ2) is 7.73. The average molecular weight is 330 g/mol. The number of ether oxygens (including phenoxy) is 1. The predicted octanol–water partition coefficient (Wildman–Crippen LogP) is 3.02. The minimum Gasteiger partial charge on any atom is -0.463 e. The summed E-state index contributed by atoms with van der Waals surface area (Å²) in [6, 6.07) is 8.97. The first-order valence-electron chi connectivity index (χ1n) is 7.00. The largest absolute Gasteiger partial charge is 0.463 e. The minimum atomic E-state index is -0.721. The van der Waals surface area contributed by atoms with Crippen LogP contribution in [0, 0.1) is 10.1 Å². The van der Waals surface area contributed by atoms with Crippen molar-refractivity contribution in [1.82, 2.24) is 0 Å². The van der Waals surface area contributed by atoms with Crippen molar-refractivity contribution in [3.05, 3.63) is 63.9 Å². The summed E-state index contributed by atoms with van der Waals surface area (Å²) in [5, 5.41) is 13.1.